The summed E-state index contributed by atoms with van der Waals surface area (Å²) in [5, 5.41) is 12.1. The van der Waals surface area contributed by atoms with Gasteiger partial charge in [-0.3, -0.25) is 4.79 Å². The van der Waals surface area contributed by atoms with Crippen LogP contribution in [0.3, 0.4) is 0 Å². The van der Waals surface area contributed by atoms with Crippen LogP contribution in [0.2, 0.25) is 0 Å². The second kappa shape index (κ2) is 8.54. The highest BCUT2D eigenvalue weighted by Gasteiger charge is 2.13. The number of aliphatic hydroxyl groups excluding tert-OH is 1. The number of rotatable bonds is 7. The van der Waals surface area contributed by atoms with E-state index in [9.17, 15) is 9.90 Å². The smallest absolute Gasteiger partial charge is 0.246 e. The fraction of sp³-hybridized carbons (Fsp3) is 0.471. The Bertz CT molecular complexity index is 451. The zero-order valence-electron chi connectivity index (χ0n) is 12.6. The molecule has 1 unspecified atom stereocenters. The fourth-order valence-corrected chi connectivity index (χ4v) is 2.08. The predicted octanol–water partition coefficient (Wildman–Crippen LogP) is 3.02. The summed E-state index contributed by atoms with van der Waals surface area (Å²) in [5.41, 5.74) is 3.06. The topological polar surface area (TPSA) is 49.3 Å². The lowest BCUT2D eigenvalue weighted by Gasteiger charge is -2.17. The van der Waals surface area contributed by atoms with Crippen molar-refractivity contribution in [2.24, 2.45) is 0 Å². The van der Waals surface area contributed by atoms with Gasteiger partial charge in [0, 0.05) is 24.6 Å². The Hall–Kier alpha value is -1.61. The first kappa shape index (κ1) is 16.4. The fourth-order valence-electron chi connectivity index (χ4n) is 2.08. The summed E-state index contributed by atoms with van der Waals surface area (Å²) in [5.74, 6) is 0.142. The SMILES string of the molecule is CC/C(C)=C(/C)C(=O)NCC(CCO)c1ccccc1. The van der Waals surface area contributed by atoms with Gasteiger partial charge in [-0.1, -0.05) is 42.8 Å². The van der Waals surface area contributed by atoms with Gasteiger partial charge in [-0.15, -0.1) is 0 Å². The van der Waals surface area contributed by atoms with Crippen LogP contribution in [0, 0.1) is 0 Å². The number of hydrogen-bond acceptors (Lipinski definition) is 2. The van der Waals surface area contributed by atoms with Gasteiger partial charge < -0.3 is 10.4 Å². The van der Waals surface area contributed by atoms with Crippen molar-refractivity contribution in [3.63, 3.8) is 0 Å². The van der Waals surface area contributed by atoms with Gasteiger partial charge in [-0.05, 0) is 32.3 Å². The number of nitrogens with one attached hydrogen (secondary N) is 1. The van der Waals surface area contributed by atoms with Crippen LogP contribution in [0.4, 0.5) is 0 Å². The minimum atomic E-state index is -0.0109. The first-order valence-corrected chi connectivity index (χ1v) is 7.20. The average Bonchev–Trinajstić information content (AvgIpc) is 2.50. The van der Waals surface area contributed by atoms with Gasteiger partial charge in [0.05, 0.1) is 0 Å². The van der Waals surface area contributed by atoms with Crippen LogP contribution < -0.4 is 5.32 Å². The van der Waals surface area contributed by atoms with Crippen LogP contribution in [-0.4, -0.2) is 24.2 Å². The number of aliphatic hydroxyl groups is 1. The summed E-state index contributed by atoms with van der Waals surface area (Å²) in [6, 6.07) is 10.00. The zero-order valence-corrected chi connectivity index (χ0v) is 12.6. The lowest BCUT2D eigenvalue weighted by molar-refractivity contribution is -0.117. The molecule has 20 heavy (non-hydrogen) atoms. The molecule has 0 radical (unpaired) electrons. The van der Waals surface area contributed by atoms with Crippen LogP contribution in [0.25, 0.3) is 0 Å². The third-order valence-corrected chi connectivity index (χ3v) is 3.77. The van der Waals surface area contributed by atoms with Gasteiger partial charge in [-0.25, -0.2) is 0 Å². The molecule has 0 bridgehead atoms. The molecular formula is C17H25NO2. The minimum Gasteiger partial charge on any atom is -0.396 e. The standard InChI is InChI=1S/C17H25NO2/c1-4-13(2)14(3)17(20)18-12-16(10-11-19)15-8-6-5-7-9-15/h5-9,16,19H,4,10-12H2,1-3H3,(H,18,20)/b14-13-. The summed E-state index contributed by atoms with van der Waals surface area (Å²) >= 11 is 0. The largest absolute Gasteiger partial charge is 0.396 e. The molecule has 0 saturated heterocycles. The molecule has 0 fully saturated rings. The van der Waals surface area contributed by atoms with Gasteiger partial charge >= 0.3 is 0 Å². The summed E-state index contributed by atoms with van der Waals surface area (Å²) in [4.78, 5) is 12.1. The number of amides is 1. The average molecular weight is 275 g/mol. The molecule has 3 nitrogen and oxygen atoms in total. The molecule has 1 amide bonds. The van der Waals surface area contributed by atoms with Gasteiger partial charge in [-0.2, -0.15) is 0 Å². The molecule has 3 heteroatoms. The second-order valence-electron chi connectivity index (χ2n) is 5.09. The second-order valence-corrected chi connectivity index (χ2v) is 5.09. The summed E-state index contributed by atoms with van der Waals surface area (Å²) in [7, 11) is 0. The van der Waals surface area contributed by atoms with Gasteiger partial charge in [0.25, 0.3) is 0 Å². The molecule has 110 valence electrons. The van der Waals surface area contributed by atoms with Crippen molar-refractivity contribution < 1.29 is 9.90 Å². The molecular weight excluding hydrogens is 250 g/mol. The molecule has 1 atom stereocenters. The van der Waals surface area contributed by atoms with Crippen molar-refractivity contribution in [3.8, 4) is 0 Å². The van der Waals surface area contributed by atoms with Crippen LogP contribution in [0.5, 0.6) is 0 Å². The lowest BCUT2D eigenvalue weighted by Crippen LogP contribution is -2.29. The molecule has 0 aromatic heterocycles. The van der Waals surface area contributed by atoms with Gasteiger partial charge in [0.1, 0.15) is 0 Å². The van der Waals surface area contributed by atoms with E-state index in [0.29, 0.717) is 13.0 Å². The molecule has 0 aliphatic heterocycles. The van der Waals surface area contributed by atoms with Crippen molar-refractivity contribution in [2.75, 3.05) is 13.2 Å². The van der Waals surface area contributed by atoms with Crippen LogP contribution in [-0.2, 0) is 4.79 Å². The van der Waals surface area contributed by atoms with E-state index in [1.807, 2.05) is 51.1 Å². The Kier molecular flexibility index (Phi) is 7.02. The van der Waals surface area contributed by atoms with E-state index < -0.39 is 0 Å². The first-order chi connectivity index (χ1) is 9.60. The van der Waals surface area contributed by atoms with Gasteiger partial charge in [0.15, 0.2) is 0 Å². The van der Waals surface area contributed by atoms with Crippen molar-refractivity contribution in [3.05, 3.63) is 47.0 Å². The third kappa shape index (κ3) is 4.82. The van der Waals surface area contributed by atoms with Crippen LogP contribution in [0.1, 0.15) is 45.1 Å². The third-order valence-electron chi connectivity index (χ3n) is 3.77. The van der Waals surface area contributed by atoms with E-state index >= 15 is 0 Å². The van der Waals surface area contributed by atoms with Crippen molar-refractivity contribution in [2.45, 2.75) is 39.5 Å². The summed E-state index contributed by atoms with van der Waals surface area (Å²) in [6.07, 6.45) is 1.54. The molecule has 0 aliphatic carbocycles. The van der Waals surface area contributed by atoms with Crippen LogP contribution in [0.15, 0.2) is 41.5 Å². The summed E-state index contributed by atoms with van der Waals surface area (Å²) in [6.45, 7) is 6.57. The molecule has 1 aromatic carbocycles. The van der Waals surface area contributed by atoms with E-state index in [1.54, 1.807) is 0 Å². The molecule has 0 spiro atoms. The van der Waals surface area contributed by atoms with Crippen LogP contribution >= 0.6 is 0 Å². The van der Waals surface area contributed by atoms with E-state index in [4.69, 9.17) is 0 Å². The number of carbonyl (C=O) groups excluding carboxylic acids is 1. The Balaban J connectivity index is 2.67. The highest BCUT2D eigenvalue weighted by atomic mass is 16.3. The van der Waals surface area contributed by atoms with Crippen molar-refractivity contribution in [1.82, 2.24) is 5.32 Å². The first-order valence-electron chi connectivity index (χ1n) is 7.20. The Labute approximate surface area is 121 Å². The Morgan fingerprint density at radius 1 is 1.25 bits per heavy atom. The maximum Gasteiger partial charge on any atom is 0.246 e. The number of benzene rings is 1. The maximum atomic E-state index is 12.1. The molecule has 1 aromatic rings. The zero-order chi connectivity index (χ0) is 15.0. The molecule has 2 N–H and O–H groups in total. The molecule has 0 heterocycles. The number of allylic oxidation sites excluding steroid dienone is 1. The Morgan fingerprint density at radius 3 is 2.45 bits per heavy atom. The monoisotopic (exact) mass is 275 g/mol. The van der Waals surface area contributed by atoms with E-state index in [0.717, 1.165) is 23.1 Å². The summed E-state index contributed by atoms with van der Waals surface area (Å²) < 4.78 is 0. The van der Waals surface area contributed by atoms with Crippen molar-refractivity contribution in [1.29, 1.82) is 0 Å². The minimum absolute atomic E-state index is 0.0109. The Morgan fingerprint density at radius 2 is 1.90 bits per heavy atom. The maximum absolute atomic E-state index is 12.1. The number of carbonyl (C=O) groups is 1. The van der Waals surface area contributed by atoms with Gasteiger partial charge in [0.2, 0.25) is 5.91 Å². The molecule has 1 rings (SSSR count). The normalized spacial score (nSPS) is 13.6. The predicted molar refractivity (Wildman–Crippen MR) is 82.6 cm³/mol. The van der Waals surface area contributed by atoms with E-state index in [-0.39, 0.29) is 18.4 Å². The van der Waals surface area contributed by atoms with E-state index in [1.165, 1.54) is 0 Å². The highest BCUT2D eigenvalue weighted by molar-refractivity contribution is 5.93. The lowest BCUT2D eigenvalue weighted by atomic mass is 9.96. The number of hydrogen-bond donors (Lipinski definition) is 2. The quantitative estimate of drug-likeness (QED) is 0.752. The molecule has 0 aliphatic rings. The molecule has 0 saturated carbocycles. The van der Waals surface area contributed by atoms with E-state index in [2.05, 4.69) is 5.32 Å². The van der Waals surface area contributed by atoms with Crippen molar-refractivity contribution >= 4 is 5.91 Å². The highest BCUT2D eigenvalue weighted by Crippen LogP contribution is 2.18.